The number of nitrogens with zero attached hydrogens (tertiary/aromatic N) is 2. The second kappa shape index (κ2) is 4.22. The fourth-order valence-electron chi connectivity index (χ4n) is 2.00. The van der Waals surface area contributed by atoms with Gasteiger partial charge in [0.25, 0.3) is 0 Å². The van der Waals surface area contributed by atoms with E-state index in [9.17, 15) is 0 Å². The number of fused-ring (bicyclic) bond motifs is 1. The maximum absolute atomic E-state index is 5.97. The molecule has 3 rings (SSSR count). The SMILES string of the molecule is Clc1ccc2c(ccn2Cc2cccnc2)c1. The van der Waals surface area contributed by atoms with Gasteiger partial charge in [-0.3, -0.25) is 4.98 Å². The van der Waals surface area contributed by atoms with Gasteiger partial charge in [-0.25, -0.2) is 0 Å². The molecule has 0 fully saturated rings. The van der Waals surface area contributed by atoms with Crippen molar-refractivity contribution in [3.8, 4) is 0 Å². The van der Waals surface area contributed by atoms with Crippen molar-refractivity contribution in [2.24, 2.45) is 0 Å². The Labute approximate surface area is 104 Å². The van der Waals surface area contributed by atoms with Gasteiger partial charge < -0.3 is 4.57 Å². The molecule has 2 nitrogen and oxygen atoms in total. The monoisotopic (exact) mass is 242 g/mol. The second-order valence-electron chi connectivity index (χ2n) is 4.01. The zero-order valence-electron chi connectivity index (χ0n) is 9.18. The van der Waals surface area contributed by atoms with E-state index < -0.39 is 0 Å². The van der Waals surface area contributed by atoms with Crippen LogP contribution in [-0.2, 0) is 6.54 Å². The molecule has 84 valence electrons. The Morgan fingerprint density at radius 1 is 1.18 bits per heavy atom. The van der Waals surface area contributed by atoms with E-state index in [2.05, 4.69) is 27.9 Å². The first kappa shape index (κ1) is 10.4. The Kier molecular flexibility index (Phi) is 2.57. The normalized spacial score (nSPS) is 10.9. The van der Waals surface area contributed by atoms with Gasteiger partial charge in [0.15, 0.2) is 0 Å². The van der Waals surface area contributed by atoms with Crippen molar-refractivity contribution in [1.82, 2.24) is 9.55 Å². The summed E-state index contributed by atoms with van der Waals surface area (Å²) >= 11 is 5.97. The summed E-state index contributed by atoms with van der Waals surface area (Å²) in [5, 5.41) is 1.94. The third-order valence-corrected chi connectivity index (χ3v) is 3.04. The van der Waals surface area contributed by atoms with Gasteiger partial charge in [0, 0.05) is 41.1 Å². The molecule has 2 heterocycles. The van der Waals surface area contributed by atoms with Gasteiger partial charge in [0.1, 0.15) is 0 Å². The predicted octanol–water partition coefficient (Wildman–Crippen LogP) is 3.74. The van der Waals surface area contributed by atoms with Gasteiger partial charge in [0.05, 0.1) is 0 Å². The highest BCUT2D eigenvalue weighted by molar-refractivity contribution is 6.31. The van der Waals surface area contributed by atoms with Crippen molar-refractivity contribution in [1.29, 1.82) is 0 Å². The highest BCUT2D eigenvalue weighted by Gasteiger charge is 2.02. The van der Waals surface area contributed by atoms with Crippen LogP contribution in [0.1, 0.15) is 5.56 Å². The van der Waals surface area contributed by atoms with Crippen LogP contribution < -0.4 is 0 Å². The zero-order chi connectivity index (χ0) is 11.7. The van der Waals surface area contributed by atoms with Crippen LogP contribution in [0.4, 0.5) is 0 Å². The molecule has 0 spiro atoms. The molecule has 0 saturated carbocycles. The molecule has 0 N–H and O–H groups in total. The Morgan fingerprint density at radius 3 is 2.94 bits per heavy atom. The Morgan fingerprint density at radius 2 is 2.12 bits per heavy atom. The molecule has 3 heteroatoms. The molecule has 0 aliphatic rings. The molecular weight excluding hydrogens is 232 g/mol. The molecule has 0 amide bonds. The van der Waals surface area contributed by atoms with Gasteiger partial charge in [0.2, 0.25) is 0 Å². The van der Waals surface area contributed by atoms with E-state index in [4.69, 9.17) is 11.6 Å². The van der Waals surface area contributed by atoms with E-state index in [0.717, 1.165) is 11.6 Å². The van der Waals surface area contributed by atoms with Crippen molar-refractivity contribution >= 4 is 22.5 Å². The van der Waals surface area contributed by atoms with E-state index in [1.54, 1.807) is 6.20 Å². The lowest BCUT2D eigenvalue weighted by atomic mass is 10.2. The van der Waals surface area contributed by atoms with Gasteiger partial charge >= 0.3 is 0 Å². The lowest BCUT2D eigenvalue weighted by molar-refractivity contribution is 0.832. The summed E-state index contributed by atoms with van der Waals surface area (Å²) in [5.74, 6) is 0. The van der Waals surface area contributed by atoms with Crippen LogP contribution in [0.2, 0.25) is 5.02 Å². The van der Waals surface area contributed by atoms with Crippen LogP contribution in [0.15, 0.2) is 55.0 Å². The number of hydrogen-bond donors (Lipinski definition) is 0. The third kappa shape index (κ3) is 2.04. The molecular formula is C14H11ClN2. The number of rotatable bonds is 2. The molecule has 0 atom stereocenters. The molecule has 0 saturated heterocycles. The molecule has 3 aromatic rings. The number of pyridine rings is 1. The lowest BCUT2D eigenvalue weighted by Gasteiger charge is -2.05. The minimum absolute atomic E-state index is 0.775. The van der Waals surface area contributed by atoms with E-state index in [0.29, 0.717) is 0 Å². The summed E-state index contributed by atoms with van der Waals surface area (Å²) in [6, 6.07) is 12.1. The molecule has 17 heavy (non-hydrogen) atoms. The molecule has 1 aromatic carbocycles. The van der Waals surface area contributed by atoms with Crippen LogP contribution in [0.25, 0.3) is 10.9 Å². The minimum Gasteiger partial charge on any atom is -0.343 e. The maximum Gasteiger partial charge on any atom is 0.0491 e. The second-order valence-corrected chi connectivity index (χ2v) is 4.44. The van der Waals surface area contributed by atoms with E-state index in [-0.39, 0.29) is 0 Å². The fraction of sp³-hybridized carbons (Fsp3) is 0.0714. The summed E-state index contributed by atoms with van der Waals surface area (Å²) in [6.07, 6.45) is 5.76. The average molecular weight is 243 g/mol. The minimum atomic E-state index is 0.775. The maximum atomic E-state index is 5.97. The number of aromatic nitrogens is 2. The van der Waals surface area contributed by atoms with Crippen LogP contribution in [0.5, 0.6) is 0 Å². The van der Waals surface area contributed by atoms with Crippen molar-refractivity contribution in [3.63, 3.8) is 0 Å². The Hall–Kier alpha value is -1.80. The van der Waals surface area contributed by atoms with E-state index >= 15 is 0 Å². The first-order valence-electron chi connectivity index (χ1n) is 5.46. The summed E-state index contributed by atoms with van der Waals surface area (Å²) in [5.41, 5.74) is 2.39. The van der Waals surface area contributed by atoms with Crippen molar-refractivity contribution in [2.75, 3.05) is 0 Å². The van der Waals surface area contributed by atoms with E-state index in [1.807, 2.05) is 30.5 Å². The van der Waals surface area contributed by atoms with Crippen LogP contribution >= 0.6 is 11.6 Å². The molecule has 2 aromatic heterocycles. The molecule has 0 unspecified atom stereocenters. The summed E-state index contributed by atoms with van der Waals surface area (Å²) in [6.45, 7) is 0.832. The van der Waals surface area contributed by atoms with Crippen LogP contribution in [0, 0.1) is 0 Å². The summed E-state index contributed by atoms with van der Waals surface area (Å²) < 4.78 is 2.20. The molecule has 0 aliphatic carbocycles. The summed E-state index contributed by atoms with van der Waals surface area (Å²) in [7, 11) is 0. The lowest BCUT2D eigenvalue weighted by Crippen LogP contribution is -1.97. The Bertz CT molecular complexity index is 644. The van der Waals surface area contributed by atoms with Crippen molar-refractivity contribution in [3.05, 3.63) is 65.6 Å². The number of halogens is 1. The van der Waals surface area contributed by atoms with Gasteiger partial charge in [-0.2, -0.15) is 0 Å². The van der Waals surface area contributed by atoms with E-state index in [1.165, 1.54) is 16.5 Å². The average Bonchev–Trinajstić information content (AvgIpc) is 2.73. The molecule has 0 bridgehead atoms. The molecule has 0 aliphatic heterocycles. The topological polar surface area (TPSA) is 17.8 Å². The van der Waals surface area contributed by atoms with Gasteiger partial charge in [-0.1, -0.05) is 17.7 Å². The van der Waals surface area contributed by atoms with Crippen molar-refractivity contribution < 1.29 is 0 Å². The number of benzene rings is 1. The van der Waals surface area contributed by atoms with Crippen LogP contribution in [0.3, 0.4) is 0 Å². The van der Waals surface area contributed by atoms with Gasteiger partial charge in [-0.05, 0) is 35.9 Å². The first-order chi connectivity index (χ1) is 8.33. The quantitative estimate of drug-likeness (QED) is 0.669. The third-order valence-electron chi connectivity index (χ3n) is 2.81. The standard InChI is InChI=1S/C14H11ClN2/c15-13-3-4-14-12(8-13)5-7-17(14)10-11-2-1-6-16-9-11/h1-9H,10H2. The fourth-order valence-corrected chi connectivity index (χ4v) is 2.18. The Balaban J connectivity index is 2.01. The van der Waals surface area contributed by atoms with Crippen molar-refractivity contribution in [2.45, 2.75) is 6.54 Å². The first-order valence-corrected chi connectivity index (χ1v) is 5.84. The number of hydrogen-bond acceptors (Lipinski definition) is 1. The summed E-state index contributed by atoms with van der Waals surface area (Å²) in [4.78, 5) is 4.12. The van der Waals surface area contributed by atoms with Crippen LogP contribution in [-0.4, -0.2) is 9.55 Å². The largest absolute Gasteiger partial charge is 0.343 e. The zero-order valence-corrected chi connectivity index (χ0v) is 9.93. The highest BCUT2D eigenvalue weighted by Crippen LogP contribution is 2.21. The molecule has 0 radical (unpaired) electrons. The van der Waals surface area contributed by atoms with Gasteiger partial charge in [-0.15, -0.1) is 0 Å². The smallest absolute Gasteiger partial charge is 0.0491 e. The predicted molar refractivity (Wildman–Crippen MR) is 70.3 cm³/mol. The highest BCUT2D eigenvalue weighted by atomic mass is 35.5.